The first-order valence-electron chi connectivity index (χ1n) is 11.3. The Morgan fingerprint density at radius 3 is 1.33 bits per heavy atom. The Labute approximate surface area is 190 Å². The van der Waals surface area contributed by atoms with Gasteiger partial charge in [0.1, 0.15) is 0 Å². The van der Waals surface area contributed by atoms with Crippen molar-refractivity contribution < 1.29 is 16.6 Å². The summed E-state index contributed by atoms with van der Waals surface area (Å²) < 4.78 is 1.35. The molecule has 2 atom stereocenters. The Morgan fingerprint density at radius 1 is 0.633 bits per heavy atom. The van der Waals surface area contributed by atoms with Crippen LogP contribution in [0.4, 0.5) is 0 Å². The summed E-state index contributed by atoms with van der Waals surface area (Å²) in [7, 11) is 0. The van der Waals surface area contributed by atoms with Crippen LogP contribution in [-0.2, 0) is 16.6 Å². The van der Waals surface area contributed by atoms with Crippen LogP contribution < -0.4 is 0 Å². The van der Waals surface area contributed by atoms with Crippen LogP contribution in [0.2, 0.25) is 13.1 Å². The Hall–Kier alpha value is -1.15. The van der Waals surface area contributed by atoms with E-state index in [1.165, 1.54) is 11.1 Å². The molecule has 0 heterocycles. The Balaban J connectivity index is 1.97. The fourth-order valence-corrected chi connectivity index (χ4v) is 19.5. The number of fused-ring (bicyclic) bond motifs is 2. The third kappa shape index (κ3) is 3.79. The summed E-state index contributed by atoms with van der Waals surface area (Å²) in [4.78, 5) is 0. The molecule has 0 aromatic heterocycles. The molecule has 4 rings (SSSR count). The van der Waals surface area contributed by atoms with Crippen molar-refractivity contribution in [2.45, 2.75) is 63.1 Å². The van der Waals surface area contributed by atoms with Gasteiger partial charge in [0.15, 0.2) is 0 Å². The first kappa shape index (κ1) is 22.1. The van der Waals surface area contributed by atoms with Gasteiger partial charge in [0.25, 0.3) is 0 Å². The van der Waals surface area contributed by atoms with Crippen LogP contribution in [0.5, 0.6) is 0 Å². The molecule has 0 aliphatic heterocycles. The molecule has 2 aromatic rings. The SMILES string of the molecule is C[Si](C)=[Ti]([CH]1C(C(C)(C)C)=Cc2ccccc21)[CH]1C(C(C)(C)C)=Cc2ccccc21. The van der Waals surface area contributed by atoms with Gasteiger partial charge in [-0.25, -0.2) is 0 Å². The third-order valence-corrected chi connectivity index (χ3v) is 19.6. The molecule has 0 saturated heterocycles. The van der Waals surface area contributed by atoms with E-state index in [2.05, 4.69) is 115 Å². The quantitative estimate of drug-likeness (QED) is 0.406. The first-order chi connectivity index (χ1) is 14.0. The monoisotopic (exact) mass is 448 g/mol. The molecule has 2 heteroatoms. The van der Waals surface area contributed by atoms with Crippen LogP contribution in [-0.4, -0.2) is 6.19 Å². The molecule has 2 aromatic carbocycles. The standard InChI is InChI=1S/2C13H15.C2H6Si.Ti/c2*1-13(2,3)12-8-10-6-4-5-7-11(10)9-12;1-3-2;/h2*4-9H,1-3H3;1-2H3;. The van der Waals surface area contributed by atoms with E-state index < -0.39 is 22.8 Å². The van der Waals surface area contributed by atoms with Crippen molar-refractivity contribution in [2.75, 3.05) is 0 Å². The molecule has 0 bridgehead atoms. The first-order valence-corrected chi connectivity index (χ1v) is 17.9. The van der Waals surface area contributed by atoms with Gasteiger partial charge in [-0.1, -0.05) is 0 Å². The maximum atomic E-state index is 2.61. The number of rotatable bonds is 2. The third-order valence-electron chi connectivity index (χ3n) is 6.79. The minimum atomic E-state index is -1.61. The molecule has 2 unspecified atom stereocenters. The zero-order valence-electron chi connectivity index (χ0n) is 19.9. The van der Waals surface area contributed by atoms with Crippen molar-refractivity contribution in [3.05, 3.63) is 81.9 Å². The average Bonchev–Trinajstić information content (AvgIpc) is 3.22. The van der Waals surface area contributed by atoms with E-state index in [-0.39, 0.29) is 10.8 Å². The fourth-order valence-electron chi connectivity index (χ4n) is 5.36. The molecule has 30 heavy (non-hydrogen) atoms. The molecule has 2 aliphatic rings. The van der Waals surface area contributed by atoms with Crippen LogP contribution in [0.1, 0.15) is 72.2 Å². The van der Waals surface area contributed by atoms with E-state index in [1.54, 1.807) is 22.3 Å². The van der Waals surface area contributed by atoms with Crippen LogP contribution in [0.15, 0.2) is 59.7 Å². The number of benzene rings is 2. The van der Waals surface area contributed by atoms with E-state index in [0.717, 1.165) is 0 Å². The van der Waals surface area contributed by atoms with E-state index in [1.807, 2.05) is 0 Å². The van der Waals surface area contributed by atoms with Crippen molar-refractivity contribution >= 4 is 18.3 Å². The van der Waals surface area contributed by atoms with Gasteiger partial charge in [-0.15, -0.1) is 0 Å². The van der Waals surface area contributed by atoms with Gasteiger partial charge >= 0.3 is 191 Å². The summed E-state index contributed by atoms with van der Waals surface area (Å²) in [5.74, 6) is 0. The molecule has 0 fully saturated rings. The summed E-state index contributed by atoms with van der Waals surface area (Å²) in [6, 6.07) is 18.5. The van der Waals surface area contributed by atoms with Crippen LogP contribution in [0, 0.1) is 10.8 Å². The number of hydrogen-bond acceptors (Lipinski definition) is 0. The topological polar surface area (TPSA) is 0 Å². The minimum absolute atomic E-state index is 0.211. The molecule has 0 amide bonds. The van der Waals surface area contributed by atoms with Crippen molar-refractivity contribution in [1.82, 2.24) is 0 Å². The molecule has 0 N–H and O–H groups in total. The van der Waals surface area contributed by atoms with Gasteiger partial charge in [-0.3, -0.25) is 0 Å². The van der Waals surface area contributed by atoms with Gasteiger partial charge in [0.05, 0.1) is 0 Å². The zero-order chi connectivity index (χ0) is 21.8. The van der Waals surface area contributed by atoms with E-state index in [9.17, 15) is 0 Å². The number of allylic oxidation sites excluding steroid dienone is 2. The van der Waals surface area contributed by atoms with Gasteiger partial charge in [-0.05, 0) is 0 Å². The second kappa shape index (κ2) is 7.77. The van der Waals surface area contributed by atoms with Gasteiger partial charge in [0.2, 0.25) is 0 Å². The van der Waals surface area contributed by atoms with Gasteiger partial charge < -0.3 is 0 Å². The zero-order valence-corrected chi connectivity index (χ0v) is 22.5. The van der Waals surface area contributed by atoms with Gasteiger partial charge in [0, 0.05) is 0 Å². The molecule has 156 valence electrons. The van der Waals surface area contributed by atoms with Crippen LogP contribution in [0.25, 0.3) is 12.2 Å². The fraction of sp³-hybridized carbons (Fsp3) is 0.429. The van der Waals surface area contributed by atoms with E-state index >= 15 is 0 Å². The Morgan fingerprint density at radius 2 is 1.00 bits per heavy atom. The van der Waals surface area contributed by atoms with Crippen molar-refractivity contribution in [2.24, 2.45) is 10.8 Å². The normalized spacial score (nSPS) is 20.4. The van der Waals surface area contributed by atoms with Crippen LogP contribution >= 0.6 is 0 Å². The Bertz CT molecular complexity index is 1000. The summed E-state index contributed by atoms with van der Waals surface area (Å²) in [5.41, 5.74) is 10.0. The summed E-state index contributed by atoms with van der Waals surface area (Å²) >= 11 is -1.61. The van der Waals surface area contributed by atoms with Gasteiger partial charge in [-0.2, -0.15) is 0 Å². The second-order valence-corrected chi connectivity index (χ2v) is 23.6. The van der Waals surface area contributed by atoms with Crippen molar-refractivity contribution in [3.63, 3.8) is 0 Å². The van der Waals surface area contributed by atoms with Crippen molar-refractivity contribution in [3.8, 4) is 0 Å². The van der Waals surface area contributed by atoms with Crippen LogP contribution in [0.3, 0.4) is 0 Å². The molecule has 2 aliphatic carbocycles. The molecule has 0 radical (unpaired) electrons. The molecular weight excluding hydrogens is 412 g/mol. The maximum absolute atomic E-state index is 2.61. The molecule has 0 nitrogen and oxygen atoms in total. The predicted octanol–water partition coefficient (Wildman–Crippen LogP) is 8.22. The summed E-state index contributed by atoms with van der Waals surface area (Å²) in [6.45, 7) is 19.8. The molecule has 0 spiro atoms. The van der Waals surface area contributed by atoms with E-state index in [0.29, 0.717) is 8.45 Å². The predicted molar refractivity (Wildman–Crippen MR) is 131 cm³/mol. The van der Waals surface area contributed by atoms with Crippen molar-refractivity contribution in [1.29, 1.82) is 0 Å². The Kier molecular flexibility index (Phi) is 5.71. The average molecular weight is 449 g/mol. The summed E-state index contributed by atoms with van der Waals surface area (Å²) in [5, 5.41) is 0. The molecular formula is C28H36SiTi. The second-order valence-electron chi connectivity index (χ2n) is 11.3. The number of hydrogen-bond donors (Lipinski definition) is 0. The van der Waals surface area contributed by atoms with E-state index in [4.69, 9.17) is 0 Å². The molecule has 0 saturated carbocycles. The summed E-state index contributed by atoms with van der Waals surface area (Å²) in [6.07, 6.45) is 4.69.